The Kier molecular flexibility index (Phi) is 5.98. The van der Waals surface area contributed by atoms with Crippen molar-refractivity contribution in [1.29, 1.82) is 0 Å². The van der Waals surface area contributed by atoms with Gasteiger partial charge in [-0.2, -0.15) is 0 Å². The zero-order valence-electron chi connectivity index (χ0n) is 15.1. The second-order valence-corrected chi connectivity index (χ2v) is 8.17. The van der Waals surface area contributed by atoms with Gasteiger partial charge in [0.05, 0.1) is 6.26 Å². The normalized spacial score (nSPS) is 11.8. The molecule has 0 aliphatic rings. The van der Waals surface area contributed by atoms with Crippen molar-refractivity contribution in [2.45, 2.75) is 36.0 Å². The van der Waals surface area contributed by atoms with Crippen molar-refractivity contribution in [1.82, 2.24) is 10.3 Å². The molecular weight excluding hydrogens is 382 g/mol. The third kappa shape index (κ3) is 4.99. The van der Waals surface area contributed by atoms with Crippen molar-refractivity contribution in [2.75, 3.05) is 5.32 Å². The van der Waals surface area contributed by atoms with E-state index in [0.717, 1.165) is 20.5 Å². The fourth-order valence-corrected chi connectivity index (χ4v) is 4.21. The van der Waals surface area contributed by atoms with Crippen LogP contribution in [0.3, 0.4) is 0 Å². The SMILES string of the molecule is Cc1csc(Sc2ccc(NC(=O)[C@H](C)NC(=O)c3ccco3)c(C)c2)n1. The summed E-state index contributed by atoms with van der Waals surface area (Å²) in [6.07, 6.45) is 1.41. The number of nitrogens with zero attached hydrogens (tertiary/aromatic N) is 1. The highest BCUT2D eigenvalue weighted by Gasteiger charge is 2.18. The molecule has 0 fully saturated rings. The second-order valence-electron chi connectivity index (χ2n) is 6.00. The Morgan fingerprint density at radius 1 is 1.26 bits per heavy atom. The van der Waals surface area contributed by atoms with Gasteiger partial charge in [-0.05, 0) is 56.7 Å². The molecule has 6 nitrogen and oxygen atoms in total. The van der Waals surface area contributed by atoms with Crippen LogP contribution in [-0.4, -0.2) is 22.8 Å². The number of furan rings is 1. The molecule has 0 spiro atoms. The van der Waals surface area contributed by atoms with E-state index in [-0.39, 0.29) is 11.7 Å². The van der Waals surface area contributed by atoms with Gasteiger partial charge < -0.3 is 15.1 Å². The minimum Gasteiger partial charge on any atom is -0.459 e. The van der Waals surface area contributed by atoms with Gasteiger partial charge in [-0.25, -0.2) is 4.98 Å². The van der Waals surface area contributed by atoms with Gasteiger partial charge in [0.2, 0.25) is 5.91 Å². The predicted molar refractivity (Wildman–Crippen MR) is 106 cm³/mol. The van der Waals surface area contributed by atoms with Crippen molar-refractivity contribution in [3.8, 4) is 0 Å². The van der Waals surface area contributed by atoms with Crippen LogP contribution in [0.2, 0.25) is 0 Å². The van der Waals surface area contributed by atoms with Gasteiger partial charge in [-0.3, -0.25) is 9.59 Å². The van der Waals surface area contributed by atoms with Crippen LogP contribution < -0.4 is 10.6 Å². The molecule has 1 atom stereocenters. The fourth-order valence-electron chi connectivity index (χ4n) is 2.30. The quantitative estimate of drug-likeness (QED) is 0.645. The van der Waals surface area contributed by atoms with Crippen LogP contribution in [0.1, 0.15) is 28.7 Å². The van der Waals surface area contributed by atoms with Crippen LogP contribution >= 0.6 is 23.1 Å². The first kappa shape index (κ1) is 19.2. The van der Waals surface area contributed by atoms with Crippen LogP contribution in [0, 0.1) is 13.8 Å². The molecule has 2 amide bonds. The van der Waals surface area contributed by atoms with Crippen LogP contribution in [0.15, 0.2) is 55.6 Å². The Labute approximate surface area is 165 Å². The van der Waals surface area contributed by atoms with Gasteiger partial charge in [0.1, 0.15) is 6.04 Å². The summed E-state index contributed by atoms with van der Waals surface area (Å²) in [5, 5.41) is 7.48. The molecule has 0 bridgehead atoms. The third-order valence-electron chi connectivity index (χ3n) is 3.74. The average Bonchev–Trinajstić information content (AvgIpc) is 3.29. The number of rotatable bonds is 6. The Morgan fingerprint density at radius 3 is 2.70 bits per heavy atom. The van der Waals surface area contributed by atoms with Gasteiger partial charge in [0.25, 0.3) is 5.91 Å². The molecule has 8 heteroatoms. The van der Waals surface area contributed by atoms with E-state index in [1.54, 1.807) is 42.2 Å². The zero-order valence-corrected chi connectivity index (χ0v) is 16.7. The van der Waals surface area contributed by atoms with E-state index in [1.165, 1.54) is 6.26 Å². The lowest BCUT2D eigenvalue weighted by atomic mass is 10.2. The number of benzene rings is 1. The summed E-state index contributed by atoms with van der Waals surface area (Å²) >= 11 is 3.20. The Hall–Kier alpha value is -2.58. The van der Waals surface area contributed by atoms with Crippen molar-refractivity contribution < 1.29 is 14.0 Å². The average molecular weight is 402 g/mol. The maximum atomic E-state index is 12.4. The molecule has 2 N–H and O–H groups in total. The summed E-state index contributed by atoms with van der Waals surface area (Å²) in [7, 11) is 0. The van der Waals surface area contributed by atoms with Crippen LogP contribution in [0.25, 0.3) is 0 Å². The molecule has 0 aliphatic heterocycles. The minimum atomic E-state index is -0.700. The van der Waals surface area contributed by atoms with E-state index in [9.17, 15) is 9.59 Å². The summed E-state index contributed by atoms with van der Waals surface area (Å²) in [6, 6.07) is 8.27. The van der Waals surface area contributed by atoms with E-state index in [2.05, 4.69) is 15.6 Å². The maximum Gasteiger partial charge on any atom is 0.287 e. The van der Waals surface area contributed by atoms with Gasteiger partial charge >= 0.3 is 0 Å². The molecule has 140 valence electrons. The lowest BCUT2D eigenvalue weighted by Gasteiger charge is -2.15. The molecule has 1 aromatic carbocycles. The number of anilines is 1. The van der Waals surface area contributed by atoms with Crippen LogP contribution in [0.5, 0.6) is 0 Å². The van der Waals surface area contributed by atoms with Crippen LogP contribution in [-0.2, 0) is 4.79 Å². The summed E-state index contributed by atoms with van der Waals surface area (Å²) in [5.74, 6) is -0.552. The number of aromatic nitrogens is 1. The van der Waals surface area contributed by atoms with Crippen molar-refractivity contribution >= 4 is 40.6 Å². The first-order valence-corrected chi connectivity index (χ1v) is 9.98. The molecule has 0 saturated heterocycles. The van der Waals surface area contributed by atoms with E-state index < -0.39 is 11.9 Å². The highest BCUT2D eigenvalue weighted by molar-refractivity contribution is 8.01. The van der Waals surface area contributed by atoms with E-state index in [1.807, 2.05) is 37.4 Å². The fraction of sp³-hybridized carbons (Fsp3) is 0.211. The first-order chi connectivity index (χ1) is 12.9. The molecule has 27 heavy (non-hydrogen) atoms. The van der Waals surface area contributed by atoms with Crippen molar-refractivity contribution in [3.05, 3.63) is 59.0 Å². The predicted octanol–water partition coefficient (Wildman–Crippen LogP) is 4.26. The number of carbonyl (C=O) groups excluding carboxylic acids is 2. The van der Waals surface area contributed by atoms with E-state index in [4.69, 9.17) is 4.42 Å². The number of nitrogens with one attached hydrogen (secondary N) is 2. The molecule has 3 aromatic rings. The highest BCUT2D eigenvalue weighted by atomic mass is 32.2. The monoisotopic (exact) mass is 401 g/mol. The molecule has 2 heterocycles. The molecule has 0 unspecified atom stereocenters. The molecule has 0 radical (unpaired) electrons. The number of carbonyl (C=O) groups is 2. The maximum absolute atomic E-state index is 12.4. The second kappa shape index (κ2) is 8.41. The number of thiazole rings is 1. The van der Waals surface area contributed by atoms with Gasteiger partial charge in [0, 0.05) is 21.7 Å². The Balaban J connectivity index is 1.60. The van der Waals surface area contributed by atoms with Crippen molar-refractivity contribution in [3.63, 3.8) is 0 Å². The van der Waals surface area contributed by atoms with E-state index >= 15 is 0 Å². The Bertz CT molecular complexity index is 951. The molecule has 0 saturated carbocycles. The largest absolute Gasteiger partial charge is 0.459 e. The molecule has 0 aliphatic carbocycles. The summed E-state index contributed by atoms with van der Waals surface area (Å²) in [4.78, 5) is 29.8. The molecular formula is C19H19N3O3S2. The van der Waals surface area contributed by atoms with E-state index in [0.29, 0.717) is 5.69 Å². The standard InChI is InChI=1S/C19H19N3O3S2/c1-11-9-14(27-19-20-12(2)10-26-19)6-7-15(11)22-17(23)13(3)21-18(24)16-5-4-8-25-16/h4-10,13H,1-3H3,(H,21,24)(H,22,23)/t13-/m0/s1. The summed E-state index contributed by atoms with van der Waals surface area (Å²) in [6.45, 7) is 5.52. The zero-order chi connectivity index (χ0) is 19.4. The Morgan fingerprint density at radius 2 is 2.07 bits per heavy atom. The number of aryl methyl sites for hydroxylation is 2. The molecule has 2 aromatic heterocycles. The number of amides is 2. The molecule has 3 rings (SSSR count). The van der Waals surface area contributed by atoms with Crippen molar-refractivity contribution in [2.24, 2.45) is 0 Å². The van der Waals surface area contributed by atoms with Gasteiger partial charge in [-0.1, -0.05) is 11.8 Å². The lowest BCUT2D eigenvalue weighted by Crippen LogP contribution is -2.41. The third-order valence-corrected chi connectivity index (χ3v) is 5.79. The summed E-state index contributed by atoms with van der Waals surface area (Å²) < 4.78 is 6.01. The summed E-state index contributed by atoms with van der Waals surface area (Å²) in [5.41, 5.74) is 2.65. The lowest BCUT2D eigenvalue weighted by molar-refractivity contribution is -0.117. The number of hydrogen-bond acceptors (Lipinski definition) is 6. The minimum absolute atomic E-state index is 0.171. The smallest absolute Gasteiger partial charge is 0.287 e. The topological polar surface area (TPSA) is 84.2 Å². The number of hydrogen-bond donors (Lipinski definition) is 2. The first-order valence-electron chi connectivity index (χ1n) is 8.28. The highest BCUT2D eigenvalue weighted by Crippen LogP contribution is 2.32. The van der Waals surface area contributed by atoms with Gasteiger partial charge in [0.15, 0.2) is 10.1 Å². The van der Waals surface area contributed by atoms with Crippen LogP contribution in [0.4, 0.5) is 5.69 Å². The van der Waals surface area contributed by atoms with Gasteiger partial charge in [-0.15, -0.1) is 11.3 Å².